The van der Waals surface area contributed by atoms with Crippen LogP contribution in [-0.4, -0.2) is 14.2 Å². The fourth-order valence-corrected chi connectivity index (χ4v) is 3.74. The van der Waals surface area contributed by atoms with Gasteiger partial charge >= 0.3 is 0 Å². The quantitative estimate of drug-likeness (QED) is 0.697. The predicted molar refractivity (Wildman–Crippen MR) is 111 cm³/mol. The second-order valence-electron chi connectivity index (χ2n) is 6.94. The Morgan fingerprint density at radius 2 is 1.56 bits per heavy atom. The molecule has 3 rings (SSSR count). The van der Waals surface area contributed by atoms with Crippen LogP contribution < -0.4 is 19.9 Å². The first kappa shape index (κ1) is 21.4. The van der Waals surface area contributed by atoms with Gasteiger partial charge in [0.25, 0.3) is 0 Å². The van der Waals surface area contributed by atoms with E-state index in [0.717, 1.165) is 16.9 Å². The van der Waals surface area contributed by atoms with Crippen molar-refractivity contribution in [2.24, 2.45) is 11.7 Å². The highest BCUT2D eigenvalue weighted by Gasteiger charge is 2.26. The molecule has 5 heteroatoms. The second-order valence-corrected chi connectivity index (χ2v) is 6.94. The third-order valence-electron chi connectivity index (χ3n) is 5.27. The van der Waals surface area contributed by atoms with Crippen molar-refractivity contribution in [2.45, 2.75) is 44.8 Å². The topological polar surface area (TPSA) is 53.7 Å². The molecule has 1 fully saturated rings. The average Bonchev–Trinajstić information content (AvgIpc) is 2.72. The third-order valence-corrected chi connectivity index (χ3v) is 5.27. The molecule has 148 valence electrons. The number of hydrogen-bond donors (Lipinski definition) is 1. The standard InChI is InChI=1S/C22H29NO3.ClH/c1-24-20-13-18(22(23)17-11-7-4-8-12-17)19(14-21(20)25-2)26-15-16-9-5-3-6-10-16;/h3,5-6,9-10,13-14,17,22H,4,7-8,11-12,15,23H2,1-2H3;1H/t22-;/m1./s1. The van der Waals surface area contributed by atoms with Crippen LogP contribution in [0.4, 0.5) is 0 Å². The Morgan fingerprint density at radius 1 is 0.926 bits per heavy atom. The molecular formula is C22H30ClNO3. The van der Waals surface area contributed by atoms with Gasteiger partial charge in [-0.1, -0.05) is 49.6 Å². The van der Waals surface area contributed by atoms with Gasteiger partial charge < -0.3 is 19.9 Å². The van der Waals surface area contributed by atoms with E-state index in [0.29, 0.717) is 24.0 Å². The van der Waals surface area contributed by atoms with Gasteiger partial charge in [-0.25, -0.2) is 0 Å². The Balaban J connectivity index is 0.00000261. The zero-order valence-electron chi connectivity index (χ0n) is 16.1. The van der Waals surface area contributed by atoms with Crippen molar-refractivity contribution in [2.75, 3.05) is 14.2 Å². The third kappa shape index (κ3) is 5.30. The van der Waals surface area contributed by atoms with Crippen molar-refractivity contribution in [3.8, 4) is 17.2 Å². The van der Waals surface area contributed by atoms with Crippen molar-refractivity contribution in [1.29, 1.82) is 0 Å². The van der Waals surface area contributed by atoms with E-state index in [2.05, 4.69) is 12.1 Å². The number of nitrogens with two attached hydrogens (primary N) is 1. The monoisotopic (exact) mass is 391 g/mol. The number of ether oxygens (including phenoxy) is 3. The minimum Gasteiger partial charge on any atom is -0.493 e. The highest BCUT2D eigenvalue weighted by Crippen LogP contribution is 2.42. The number of benzene rings is 2. The molecule has 0 unspecified atom stereocenters. The second kappa shape index (κ2) is 10.4. The lowest BCUT2D eigenvalue weighted by atomic mass is 9.81. The summed E-state index contributed by atoms with van der Waals surface area (Å²) in [5.41, 5.74) is 8.81. The van der Waals surface area contributed by atoms with E-state index < -0.39 is 0 Å². The van der Waals surface area contributed by atoms with Gasteiger partial charge in [0.2, 0.25) is 0 Å². The van der Waals surface area contributed by atoms with Gasteiger partial charge in [-0.05, 0) is 30.4 Å². The number of halogens is 1. The number of methoxy groups -OCH3 is 2. The van der Waals surface area contributed by atoms with E-state index in [1.54, 1.807) is 14.2 Å². The number of hydrogen-bond acceptors (Lipinski definition) is 4. The Bertz CT molecular complexity index is 702. The Labute approximate surface area is 168 Å². The van der Waals surface area contributed by atoms with Crippen molar-refractivity contribution in [3.05, 3.63) is 53.6 Å². The van der Waals surface area contributed by atoms with Crippen LogP contribution in [0.2, 0.25) is 0 Å². The van der Waals surface area contributed by atoms with Crippen LogP contribution in [0.5, 0.6) is 17.2 Å². The summed E-state index contributed by atoms with van der Waals surface area (Å²) in [6.45, 7) is 0.501. The van der Waals surface area contributed by atoms with Gasteiger partial charge in [-0.2, -0.15) is 0 Å². The zero-order chi connectivity index (χ0) is 18.4. The molecule has 0 radical (unpaired) electrons. The van der Waals surface area contributed by atoms with E-state index >= 15 is 0 Å². The van der Waals surface area contributed by atoms with E-state index in [1.165, 1.54) is 32.1 Å². The van der Waals surface area contributed by atoms with E-state index in [1.807, 2.05) is 30.3 Å². The molecule has 0 aromatic heterocycles. The van der Waals surface area contributed by atoms with Crippen LogP contribution in [-0.2, 0) is 6.61 Å². The summed E-state index contributed by atoms with van der Waals surface area (Å²) in [5.74, 6) is 2.63. The molecular weight excluding hydrogens is 362 g/mol. The van der Waals surface area contributed by atoms with Crippen LogP contribution in [0.15, 0.2) is 42.5 Å². The van der Waals surface area contributed by atoms with Gasteiger partial charge in [-0.15, -0.1) is 12.4 Å². The lowest BCUT2D eigenvalue weighted by molar-refractivity contribution is 0.274. The van der Waals surface area contributed by atoms with Gasteiger partial charge in [-0.3, -0.25) is 0 Å². The van der Waals surface area contributed by atoms with Gasteiger partial charge in [0.05, 0.1) is 14.2 Å². The molecule has 0 bridgehead atoms. The maximum absolute atomic E-state index is 6.68. The normalized spacial score (nSPS) is 15.5. The van der Waals surface area contributed by atoms with E-state index in [9.17, 15) is 0 Å². The van der Waals surface area contributed by atoms with Crippen LogP contribution in [0.25, 0.3) is 0 Å². The largest absolute Gasteiger partial charge is 0.493 e. The van der Waals surface area contributed by atoms with Crippen molar-refractivity contribution >= 4 is 12.4 Å². The lowest BCUT2D eigenvalue weighted by Crippen LogP contribution is -2.24. The fourth-order valence-electron chi connectivity index (χ4n) is 3.74. The smallest absolute Gasteiger partial charge is 0.164 e. The molecule has 4 nitrogen and oxygen atoms in total. The fraction of sp³-hybridized carbons (Fsp3) is 0.455. The molecule has 1 aliphatic carbocycles. The minimum atomic E-state index is -0.0547. The van der Waals surface area contributed by atoms with Crippen molar-refractivity contribution in [1.82, 2.24) is 0 Å². The minimum absolute atomic E-state index is 0. The summed E-state index contributed by atoms with van der Waals surface area (Å²) in [4.78, 5) is 0. The van der Waals surface area contributed by atoms with Gasteiger partial charge in [0.15, 0.2) is 11.5 Å². The van der Waals surface area contributed by atoms with E-state index in [-0.39, 0.29) is 18.4 Å². The van der Waals surface area contributed by atoms with Crippen molar-refractivity contribution < 1.29 is 14.2 Å². The molecule has 0 amide bonds. The van der Waals surface area contributed by atoms with E-state index in [4.69, 9.17) is 19.9 Å². The molecule has 2 aromatic carbocycles. The highest BCUT2D eigenvalue weighted by atomic mass is 35.5. The van der Waals surface area contributed by atoms with Crippen molar-refractivity contribution in [3.63, 3.8) is 0 Å². The summed E-state index contributed by atoms with van der Waals surface area (Å²) in [7, 11) is 3.29. The first-order chi connectivity index (χ1) is 12.7. The molecule has 0 heterocycles. The molecule has 1 aliphatic rings. The molecule has 1 saturated carbocycles. The molecule has 2 N–H and O–H groups in total. The molecule has 27 heavy (non-hydrogen) atoms. The van der Waals surface area contributed by atoms with Crippen LogP contribution in [0.1, 0.15) is 49.3 Å². The summed E-state index contributed by atoms with van der Waals surface area (Å²) < 4.78 is 17.1. The summed E-state index contributed by atoms with van der Waals surface area (Å²) in [6.07, 6.45) is 6.17. The van der Waals surface area contributed by atoms with Crippen LogP contribution in [0, 0.1) is 5.92 Å². The highest BCUT2D eigenvalue weighted by molar-refractivity contribution is 5.85. The lowest BCUT2D eigenvalue weighted by Gasteiger charge is -2.29. The molecule has 0 saturated heterocycles. The van der Waals surface area contributed by atoms with Crippen LogP contribution in [0.3, 0.4) is 0 Å². The molecule has 1 atom stereocenters. The predicted octanol–water partition coefficient (Wildman–Crippen LogP) is 5.28. The first-order valence-electron chi connectivity index (χ1n) is 9.41. The maximum Gasteiger partial charge on any atom is 0.164 e. The maximum atomic E-state index is 6.68. The Kier molecular flexibility index (Phi) is 8.26. The summed E-state index contributed by atoms with van der Waals surface area (Å²) >= 11 is 0. The van der Waals surface area contributed by atoms with Gasteiger partial charge in [0.1, 0.15) is 12.4 Å². The summed E-state index contributed by atoms with van der Waals surface area (Å²) in [5, 5.41) is 0. The molecule has 2 aromatic rings. The Morgan fingerprint density at radius 3 is 2.19 bits per heavy atom. The number of rotatable bonds is 7. The van der Waals surface area contributed by atoms with Gasteiger partial charge in [0, 0.05) is 17.7 Å². The van der Waals surface area contributed by atoms with Crippen LogP contribution >= 0.6 is 12.4 Å². The molecule has 0 aliphatic heterocycles. The summed E-state index contributed by atoms with van der Waals surface area (Å²) in [6, 6.07) is 14.0. The first-order valence-corrected chi connectivity index (χ1v) is 9.41. The zero-order valence-corrected chi connectivity index (χ0v) is 17.0. The average molecular weight is 392 g/mol. The Hall–Kier alpha value is -1.91. The SMILES string of the molecule is COc1cc(OCc2ccccc2)c([C@H](N)C2CCCCC2)cc1OC.Cl. The molecule has 0 spiro atoms.